The number of hydrogen-bond acceptors (Lipinski definition) is 4. The van der Waals surface area contributed by atoms with E-state index in [1.807, 2.05) is 21.6 Å². The van der Waals surface area contributed by atoms with Crippen LogP contribution in [0, 0.1) is 33.6 Å². The third kappa shape index (κ3) is 8.11. The summed E-state index contributed by atoms with van der Waals surface area (Å²) in [4.78, 5) is 1.48. The highest BCUT2D eigenvalue weighted by molar-refractivity contribution is 8.78. The van der Waals surface area contributed by atoms with E-state index in [0.717, 1.165) is 47.4 Å². The number of rotatable bonds is 10. The van der Waals surface area contributed by atoms with Crippen LogP contribution in [0.1, 0.15) is 132 Å². The maximum atomic E-state index is 11.2. The van der Waals surface area contributed by atoms with Gasteiger partial charge in [-0.25, -0.2) is 0 Å². The molecule has 0 fully saturated rings. The van der Waals surface area contributed by atoms with Gasteiger partial charge in [-0.05, 0) is 114 Å². The molecule has 0 spiro atoms. The summed E-state index contributed by atoms with van der Waals surface area (Å²) in [6.45, 7) is 26.3. The van der Waals surface area contributed by atoms with E-state index in [4.69, 9.17) is 0 Å². The van der Waals surface area contributed by atoms with Crippen molar-refractivity contribution >= 4 is 21.6 Å². The first kappa shape index (κ1) is 34.0. The monoisotopic (exact) mass is 596 g/mol. The van der Waals surface area contributed by atoms with E-state index >= 15 is 0 Å². The van der Waals surface area contributed by atoms with Crippen LogP contribution < -0.4 is 0 Å². The third-order valence-corrected chi connectivity index (χ3v) is 11.9. The van der Waals surface area contributed by atoms with Crippen molar-refractivity contribution in [1.82, 2.24) is 0 Å². The summed E-state index contributed by atoms with van der Waals surface area (Å²) >= 11 is 0. The summed E-state index contributed by atoms with van der Waals surface area (Å²) in [6, 6.07) is 4.42. The molecular weight excluding hydrogens is 541 g/mol. The number of aromatic hydroxyl groups is 2. The molecular formula is C37H56O2S2. The lowest BCUT2D eigenvalue weighted by molar-refractivity contribution is 0.441. The zero-order chi connectivity index (χ0) is 30.9. The average molecular weight is 597 g/mol. The number of unbranched alkanes of at least 4 members (excludes halogenated alkanes) is 2. The van der Waals surface area contributed by atoms with Crippen molar-refractivity contribution in [3.05, 3.63) is 67.1 Å². The molecule has 3 rings (SSSR count). The number of phenolic OH excluding ortho intramolecular Hbond substituents is 2. The van der Waals surface area contributed by atoms with E-state index in [2.05, 4.69) is 95.2 Å². The topological polar surface area (TPSA) is 40.5 Å². The average Bonchev–Trinajstić information content (AvgIpc) is 3.23. The van der Waals surface area contributed by atoms with Crippen molar-refractivity contribution in [2.45, 2.75) is 144 Å². The molecule has 0 saturated heterocycles. The lowest BCUT2D eigenvalue weighted by Gasteiger charge is -2.25. The molecule has 1 atom stereocenters. The second kappa shape index (κ2) is 13.4. The molecule has 228 valence electrons. The molecule has 0 saturated carbocycles. The molecule has 0 aromatic heterocycles. The lowest BCUT2D eigenvalue weighted by Crippen LogP contribution is -2.15. The maximum Gasteiger partial charge on any atom is 0.122 e. The Bertz CT molecular complexity index is 1270. The van der Waals surface area contributed by atoms with Gasteiger partial charge < -0.3 is 10.2 Å². The minimum atomic E-state index is -0.0918. The van der Waals surface area contributed by atoms with Crippen molar-refractivity contribution < 1.29 is 10.2 Å². The second-order valence-electron chi connectivity index (χ2n) is 14.9. The molecule has 4 heteroatoms. The summed E-state index contributed by atoms with van der Waals surface area (Å²) in [6.07, 6.45) is 8.06. The lowest BCUT2D eigenvalue weighted by atomic mass is 9.81. The number of allylic oxidation sites excluding steroid dienone is 1. The zero-order valence-corrected chi connectivity index (χ0v) is 29.6. The molecule has 0 amide bonds. The number of aryl methyl sites for hydroxylation is 2. The first-order valence-corrected chi connectivity index (χ1v) is 17.8. The molecule has 0 aliphatic carbocycles. The fourth-order valence-electron chi connectivity index (χ4n) is 6.15. The van der Waals surface area contributed by atoms with E-state index in [9.17, 15) is 10.2 Å². The van der Waals surface area contributed by atoms with Crippen molar-refractivity contribution in [1.29, 1.82) is 0 Å². The Morgan fingerprint density at radius 2 is 1.27 bits per heavy atom. The smallest absolute Gasteiger partial charge is 0.122 e. The summed E-state index contributed by atoms with van der Waals surface area (Å²) in [7, 11) is 3.95. The molecule has 0 bridgehead atoms. The van der Waals surface area contributed by atoms with Gasteiger partial charge in [0.15, 0.2) is 0 Å². The van der Waals surface area contributed by atoms with E-state index in [-0.39, 0.29) is 10.8 Å². The van der Waals surface area contributed by atoms with Gasteiger partial charge in [0.2, 0.25) is 0 Å². The largest absolute Gasteiger partial charge is 0.507 e. The molecule has 1 unspecified atom stereocenters. The van der Waals surface area contributed by atoms with E-state index in [1.54, 1.807) is 5.57 Å². The van der Waals surface area contributed by atoms with Gasteiger partial charge in [-0.3, -0.25) is 0 Å². The first-order valence-electron chi connectivity index (χ1n) is 15.6. The minimum Gasteiger partial charge on any atom is -0.507 e. The molecule has 2 aromatic carbocycles. The van der Waals surface area contributed by atoms with Crippen LogP contribution in [0.25, 0.3) is 0 Å². The van der Waals surface area contributed by atoms with Gasteiger partial charge in [0, 0.05) is 16.6 Å². The van der Waals surface area contributed by atoms with Gasteiger partial charge in [-0.15, -0.1) is 0 Å². The van der Waals surface area contributed by atoms with E-state index in [0.29, 0.717) is 16.7 Å². The minimum absolute atomic E-state index is 0.0892. The maximum absolute atomic E-state index is 11.2. The summed E-state index contributed by atoms with van der Waals surface area (Å²) < 4.78 is 0. The molecule has 0 radical (unpaired) electrons. The normalized spacial score (nSPS) is 16.4. The summed E-state index contributed by atoms with van der Waals surface area (Å²) in [5.74, 6) is 1.69. The van der Waals surface area contributed by atoms with Crippen LogP contribution in [0.5, 0.6) is 11.5 Å². The first-order chi connectivity index (χ1) is 18.9. The summed E-state index contributed by atoms with van der Waals surface area (Å²) in [5, 5.41) is 22.8. The van der Waals surface area contributed by atoms with Gasteiger partial charge in [-0.2, -0.15) is 0 Å². The highest BCUT2D eigenvalue weighted by atomic mass is 33.1. The molecule has 2 nitrogen and oxygen atoms in total. The number of phenols is 2. The summed E-state index contributed by atoms with van der Waals surface area (Å²) in [5.41, 5.74) is 10.7. The standard InChI is InChI=1S/C37H56O2S2/c1-22(2)16-14-13-15-17-27-32(20-28-23(3)18-30(36(7,8)9)34(38)25(28)5)40-41-33(27)21-29-24(4)19-31(37(10,11)12)35(39)26(29)6/h18-19,22,32,38-39H,13-17,20-21H2,1-12H3. The van der Waals surface area contributed by atoms with Gasteiger partial charge in [0.25, 0.3) is 0 Å². The SMILES string of the molecule is Cc1cc(C(C)(C)C)c(O)c(C)c1CC1=C(CCCCCC(C)C)C(Cc2c(C)cc(C(C)(C)C)c(O)c2C)SS1. The Kier molecular flexibility index (Phi) is 11.1. The van der Waals surface area contributed by atoms with Crippen LogP contribution in [-0.2, 0) is 23.7 Å². The highest BCUT2D eigenvalue weighted by Gasteiger charge is 2.31. The quantitative estimate of drug-likeness (QED) is 0.211. The van der Waals surface area contributed by atoms with Crippen LogP contribution in [-0.4, -0.2) is 15.5 Å². The van der Waals surface area contributed by atoms with Crippen molar-refractivity contribution in [2.75, 3.05) is 0 Å². The van der Waals surface area contributed by atoms with Gasteiger partial charge in [0.1, 0.15) is 11.5 Å². The molecule has 1 aliphatic heterocycles. The number of benzene rings is 2. The molecule has 1 heterocycles. The predicted molar refractivity (Wildman–Crippen MR) is 184 cm³/mol. The second-order valence-corrected chi connectivity index (χ2v) is 17.4. The van der Waals surface area contributed by atoms with Gasteiger partial charge in [0.05, 0.1) is 0 Å². The third-order valence-electron chi connectivity index (χ3n) is 8.88. The van der Waals surface area contributed by atoms with Gasteiger partial charge >= 0.3 is 0 Å². The van der Waals surface area contributed by atoms with Crippen molar-refractivity contribution in [2.24, 2.45) is 5.92 Å². The Hall–Kier alpha value is -1.52. The van der Waals surface area contributed by atoms with Crippen molar-refractivity contribution in [3.63, 3.8) is 0 Å². The van der Waals surface area contributed by atoms with Crippen LogP contribution >= 0.6 is 21.6 Å². The molecule has 2 N–H and O–H groups in total. The molecule has 1 aliphatic rings. The predicted octanol–water partition coefficient (Wildman–Crippen LogP) is 11.3. The molecule has 41 heavy (non-hydrogen) atoms. The Morgan fingerprint density at radius 1 is 0.756 bits per heavy atom. The van der Waals surface area contributed by atoms with E-state index in [1.165, 1.54) is 52.8 Å². The molecule has 2 aromatic rings. The van der Waals surface area contributed by atoms with E-state index < -0.39 is 0 Å². The van der Waals surface area contributed by atoms with Crippen LogP contribution in [0.15, 0.2) is 22.6 Å². The highest BCUT2D eigenvalue weighted by Crippen LogP contribution is 2.52. The van der Waals surface area contributed by atoms with Crippen molar-refractivity contribution in [3.8, 4) is 11.5 Å². The van der Waals surface area contributed by atoms with Crippen LogP contribution in [0.2, 0.25) is 0 Å². The Morgan fingerprint density at radius 3 is 1.78 bits per heavy atom. The fraction of sp³-hybridized carbons (Fsp3) is 0.622. The number of hydrogen-bond donors (Lipinski definition) is 2. The Labute approximate surface area is 259 Å². The fourth-order valence-corrected chi connectivity index (χ4v) is 9.37. The zero-order valence-electron chi connectivity index (χ0n) is 28.0. The van der Waals surface area contributed by atoms with Crippen LogP contribution in [0.4, 0.5) is 0 Å². The van der Waals surface area contributed by atoms with Crippen LogP contribution in [0.3, 0.4) is 0 Å². The Balaban J connectivity index is 1.98. The van der Waals surface area contributed by atoms with Gasteiger partial charge in [-0.1, -0.05) is 108 Å².